The van der Waals surface area contributed by atoms with Crippen molar-refractivity contribution in [1.29, 1.82) is 0 Å². The number of fused-ring (bicyclic) bond motifs is 1. The molecule has 0 aliphatic heterocycles. The van der Waals surface area contributed by atoms with Gasteiger partial charge in [0.1, 0.15) is 0 Å². The van der Waals surface area contributed by atoms with E-state index in [9.17, 15) is 4.79 Å². The van der Waals surface area contributed by atoms with E-state index < -0.39 is 11.9 Å². The Balaban J connectivity index is 2.60. The Morgan fingerprint density at radius 2 is 2.31 bits per heavy atom. The normalized spacial score (nSPS) is 12.9. The molecule has 1 atom stereocenters. The minimum atomic E-state index is -0.821. The van der Waals surface area contributed by atoms with E-state index >= 15 is 0 Å². The fraction of sp³-hybridized carbons (Fsp3) is 0.333. The summed E-state index contributed by atoms with van der Waals surface area (Å²) in [7, 11) is 0. The maximum Gasteiger partial charge on any atom is 0.310 e. The van der Waals surface area contributed by atoms with E-state index in [0.717, 1.165) is 23.0 Å². The second-order valence-corrected chi connectivity index (χ2v) is 3.83. The minimum absolute atomic E-state index is 0.524. The number of aromatic nitrogens is 2. The van der Waals surface area contributed by atoms with Gasteiger partial charge in [-0.2, -0.15) is 5.10 Å². The Bertz CT molecular complexity index is 531. The van der Waals surface area contributed by atoms with Gasteiger partial charge in [0.2, 0.25) is 0 Å². The molecule has 4 nitrogen and oxygen atoms in total. The van der Waals surface area contributed by atoms with Crippen molar-refractivity contribution in [2.75, 3.05) is 0 Å². The van der Waals surface area contributed by atoms with E-state index in [2.05, 4.69) is 5.10 Å². The van der Waals surface area contributed by atoms with Gasteiger partial charge in [0.15, 0.2) is 0 Å². The van der Waals surface area contributed by atoms with Crippen LogP contribution in [0, 0.1) is 0 Å². The summed E-state index contributed by atoms with van der Waals surface area (Å²) < 4.78 is 1.82. The summed E-state index contributed by atoms with van der Waals surface area (Å²) >= 11 is 0. The predicted molar refractivity (Wildman–Crippen MR) is 61.5 cm³/mol. The van der Waals surface area contributed by atoms with Gasteiger partial charge in [0.05, 0.1) is 11.4 Å². The number of aliphatic carboxylic acids is 1. The molecule has 0 radical (unpaired) electrons. The molecule has 1 heterocycles. The lowest BCUT2D eigenvalue weighted by Crippen LogP contribution is -2.08. The van der Waals surface area contributed by atoms with Crippen molar-refractivity contribution in [1.82, 2.24) is 9.78 Å². The summed E-state index contributed by atoms with van der Waals surface area (Å²) in [5.41, 5.74) is 1.57. The molecular formula is C12H14N2O2. The Morgan fingerprint density at radius 3 is 2.94 bits per heavy atom. The number of hydrogen-bond acceptors (Lipinski definition) is 2. The van der Waals surface area contributed by atoms with Crippen LogP contribution < -0.4 is 0 Å². The van der Waals surface area contributed by atoms with E-state index in [4.69, 9.17) is 5.11 Å². The molecule has 2 rings (SSSR count). The number of aryl methyl sites for hydroxylation is 1. The van der Waals surface area contributed by atoms with Gasteiger partial charge < -0.3 is 5.11 Å². The third kappa shape index (κ3) is 1.66. The molecule has 0 aliphatic carbocycles. The Kier molecular flexibility index (Phi) is 2.64. The summed E-state index contributed by atoms with van der Waals surface area (Å²) in [5, 5.41) is 14.4. The van der Waals surface area contributed by atoms with Crippen molar-refractivity contribution in [3.05, 3.63) is 30.0 Å². The molecule has 1 aromatic heterocycles. The van der Waals surface area contributed by atoms with Gasteiger partial charge in [-0.15, -0.1) is 0 Å². The van der Waals surface area contributed by atoms with Gasteiger partial charge in [0, 0.05) is 18.1 Å². The zero-order chi connectivity index (χ0) is 11.7. The van der Waals surface area contributed by atoms with Crippen LogP contribution in [0.3, 0.4) is 0 Å². The van der Waals surface area contributed by atoms with Gasteiger partial charge in [-0.05, 0) is 19.4 Å². The number of carboxylic acid groups (broad SMARTS) is 1. The molecule has 16 heavy (non-hydrogen) atoms. The Hall–Kier alpha value is -1.84. The molecule has 4 heteroatoms. The zero-order valence-corrected chi connectivity index (χ0v) is 9.34. The van der Waals surface area contributed by atoms with Gasteiger partial charge >= 0.3 is 5.97 Å². The lowest BCUT2D eigenvalue weighted by atomic mass is 9.99. The van der Waals surface area contributed by atoms with Crippen molar-refractivity contribution >= 4 is 16.9 Å². The first-order chi connectivity index (χ1) is 7.63. The monoisotopic (exact) mass is 218 g/mol. The third-order valence-electron chi connectivity index (χ3n) is 2.78. The second-order valence-electron chi connectivity index (χ2n) is 3.83. The van der Waals surface area contributed by atoms with Crippen LogP contribution in [-0.4, -0.2) is 20.9 Å². The lowest BCUT2D eigenvalue weighted by Gasteiger charge is -2.06. The lowest BCUT2D eigenvalue weighted by molar-refractivity contribution is -0.138. The van der Waals surface area contributed by atoms with Crippen LogP contribution in [0.1, 0.15) is 25.3 Å². The molecule has 0 bridgehead atoms. The minimum Gasteiger partial charge on any atom is -0.481 e. The highest BCUT2D eigenvalue weighted by atomic mass is 16.4. The number of benzene rings is 1. The van der Waals surface area contributed by atoms with Crippen LogP contribution in [0.2, 0.25) is 0 Å². The number of rotatable bonds is 3. The molecule has 0 saturated heterocycles. The second kappa shape index (κ2) is 3.96. The van der Waals surface area contributed by atoms with Gasteiger partial charge in [-0.25, -0.2) is 0 Å². The summed E-state index contributed by atoms with van der Waals surface area (Å²) in [6.45, 7) is 4.48. The SMILES string of the molecule is CCn1cc2cccc(C(C)C(=O)O)c2n1. The average molecular weight is 218 g/mol. The number of carboxylic acids is 1. The van der Waals surface area contributed by atoms with Gasteiger partial charge in [0.25, 0.3) is 0 Å². The maximum atomic E-state index is 11.0. The molecule has 1 unspecified atom stereocenters. The highest BCUT2D eigenvalue weighted by Crippen LogP contribution is 2.24. The highest BCUT2D eigenvalue weighted by molar-refractivity contribution is 5.87. The van der Waals surface area contributed by atoms with Crippen molar-refractivity contribution in [3.8, 4) is 0 Å². The van der Waals surface area contributed by atoms with Crippen molar-refractivity contribution < 1.29 is 9.90 Å². The van der Waals surface area contributed by atoms with E-state index in [0.29, 0.717) is 0 Å². The van der Waals surface area contributed by atoms with Crippen LogP contribution in [0.4, 0.5) is 0 Å². The molecular weight excluding hydrogens is 204 g/mol. The van der Waals surface area contributed by atoms with Crippen molar-refractivity contribution in [2.24, 2.45) is 0 Å². The first-order valence-electron chi connectivity index (χ1n) is 5.32. The van der Waals surface area contributed by atoms with E-state index in [-0.39, 0.29) is 0 Å². The molecule has 1 N–H and O–H groups in total. The molecule has 1 aromatic carbocycles. The fourth-order valence-electron chi connectivity index (χ4n) is 1.76. The predicted octanol–water partition coefficient (Wildman–Crippen LogP) is 2.24. The molecule has 0 aliphatic rings. The number of carbonyl (C=O) groups is 1. The number of nitrogens with zero attached hydrogens (tertiary/aromatic N) is 2. The summed E-state index contributed by atoms with van der Waals surface area (Å²) in [6.07, 6.45) is 1.94. The summed E-state index contributed by atoms with van der Waals surface area (Å²) in [6, 6.07) is 5.65. The molecule has 0 fully saturated rings. The molecule has 2 aromatic rings. The summed E-state index contributed by atoms with van der Waals surface area (Å²) in [5.74, 6) is -1.34. The molecule has 0 spiro atoms. The van der Waals surface area contributed by atoms with E-state index in [1.54, 1.807) is 6.92 Å². The van der Waals surface area contributed by atoms with Crippen LogP contribution in [0.15, 0.2) is 24.4 Å². The number of hydrogen-bond donors (Lipinski definition) is 1. The quantitative estimate of drug-likeness (QED) is 0.859. The zero-order valence-electron chi connectivity index (χ0n) is 9.34. The topological polar surface area (TPSA) is 55.1 Å². The Labute approximate surface area is 93.5 Å². The van der Waals surface area contributed by atoms with Gasteiger partial charge in [-0.1, -0.05) is 18.2 Å². The standard InChI is InChI=1S/C12H14N2O2/c1-3-14-7-9-5-4-6-10(11(9)13-14)8(2)12(15)16/h4-8H,3H2,1-2H3,(H,15,16). The fourth-order valence-corrected chi connectivity index (χ4v) is 1.76. The van der Waals surface area contributed by atoms with Crippen molar-refractivity contribution in [3.63, 3.8) is 0 Å². The van der Waals surface area contributed by atoms with E-state index in [1.165, 1.54) is 0 Å². The first kappa shape index (κ1) is 10.7. The van der Waals surface area contributed by atoms with Gasteiger partial charge in [-0.3, -0.25) is 9.48 Å². The Morgan fingerprint density at radius 1 is 1.56 bits per heavy atom. The first-order valence-corrected chi connectivity index (χ1v) is 5.32. The molecule has 84 valence electrons. The highest BCUT2D eigenvalue weighted by Gasteiger charge is 2.17. The maximum absolute atomic E-state index is 11.0. The largest absolute Gasteiger partial charge is 0.481 e. The van der Waals surface area contributed by atoms with Crippen molar-refractivity contribution in [2.45, 2.75) is 26.3 Å². The molecule has 0 saturated carbocycles. The van der Waals surface area contributed by atoms with Crippen LogP contribution in [0.25, 0.3) is 10.9 Å². The van der Waals surface area contributed by atoms with Crippen LogP contribution >= 0.6 is 0 Å². The smallest absolute Gasteiger partial charge is 0.310 e. The average Bonchev–Trinajstić information content (AvgIpc) is 2.70. The third-order valence-corrected chi connectivity index (χ3v) is 2.78. The van der Waals surface area contributed by atoms with Crippen LogP contribution in [0.5, 0.6) is 0 Å². The molecule has 0 amide bonds. The van der Waals surface area contributed by atoms with E-state index in [1.807, 2.05) is 36.0 Å². The summed E-state index contributed by atoms with van der Waals surface area (Å²) in [4.78, 5) is 11.0. The van der Waals surface area contributed by atoms with Crippen LogP contribution in [-0.2, 0) is 11.3 Å².